The van der Waals surface area contributed by atoms with Gasteiger partial charge in [0.1, 0.15) is 5.03 Å². The summed E-state index contributed by atoms with van der Waals surface area (Å²) in [5.74, 6) is 0. The third-order valence-corrected chi connectivity index (χ3v) is 7.59. The Morgan fingerprint density at radius 2 is 2.00 bits per heavy atom. The number of hydrogen-bond donors (Lipinski definition) is 0. The second kappa shape index (κ2) is 6.55. The van der Waals surface area contributed by atoms with Gasteiger partial charge in [-0.15, -0.1) is 11.8 Å². The minimum absolute atomic E-state index is 0.160. The van der Waals surface area contributed by atoms with Crippen LogP contribution in [-0.4, -0.2) is 29.3 Å². The highest BCUT2D eigenvalue weighted by Gasteiger charge is 2.31. The van der Waals surface area contributed by atoms with Crippen LogP contribution in [0.25, 0.3) is 5.65 Å². The molecule has 0 saturated heterocycles. The van der Waals surface area contributed by atoms with E-state index in [2.05, 4.69) is 10.1 Å². The number of benzene rings is 1. The Hall–Kier alpha value is -1.57. The molecule has 0 unspecified atom stereocenters. The molecule has 0 atom stereocenters. The number of rotatable bonds is 3. The van der Waals surface area contributed by atoms with E-state index in [1.807, 2.05) is 13.2 Å². The monoisotopic (exact) mass is 407 g/mol. The highest BCUT2D eigenvalue weighted by molar-refractivity contribution is 7.99. The number of hydrogen-bond acceptors (Lipinski definition) is 5. The van der Waals surface area contributed by atoms with E-state index in [1.54, 1.807) is 22.7 Å². The van der Waals surface area contributed by atoms with Crippen molar-refractivity contribution in [1.29, 1.82) is 0 Å². The van der Waals surface area contributed by atoms with E-state index in [9.17, 15) is 8.42 Å². The lowest BCUT2D eigenvalue weighted by molar-refractivity contribution is 0.594. The molecule has 0 bridgehead atoms. The molecule has 3 aromatic rings. The molecule has 0 fully saturated rings. The van der Waals surface area contributed by atoms with E-state index in [4.69, 9.17) is 11.6 Å². The predicted octanol–water partition coefficient (Wildman–Crippen LogP) is 4.12. The maximum atomic E-state index is 13.4. The van der Waals surface area contributed by atoms with Gasteiger partial charge in [-0.3, -0.25) is 0 Å². The van der Waals surface area contributed by atoms with Crippen molar-refractivity contribution in [1.82, 2.24) is 14.6 Å². The van der Waals surface area contributed by atoms with Crippen molar-refractivity contribution in [2.24, 2.45) is 0 Å². The molecule has 1 aliphatic carbocycles. The van der Waals surface area contributed by atoms with Crippen molar-refractivity contribution in [2.45, 2.75) is 47.4 Å². The first kappa shape index (κ1) is 17.8. The summed E-state index contributed by atoms with van der Waals surface area (Å²) < 4.78 is 28.5. The predicted molar refractivity (Wildman–Crippen MR) is 103 cm³/mol. The molecule has 2 heterocycles. The minimum atomic E-state index is -3.78. The number of halogens is 1. The van der Waals surface area contributed by atoms with E-state index in [0.717, 1.165) is 37.1 Å². The quantitative estimate of drug-likeness (QED) is 0.611. The normalized spacial score (nSPS) is 14.6. The van der Waals surface area contributed by atoms with Crippen LogP contribution in [0.1, 0.15) is 29.8 Å². The molecule has 136 valence electrons. The Bertz CT molecular complexity index is 1120. The molecule has 0 spiro atoms. The fourth-order valence-electron chi connectivity index (χ4n) is 3.52. The number of sulfone groups is 1. The molecule has 0 N–H and O–H groups in total. The topological polar surface area (TPSA) is 64.3 Å². The van der Waals surface area contributed by atoms with Crippen LogP contribution in [0.5, 0.6) is 0 Å². The average Bonchev–Trinajstić information content (AvgIpc) is 3.01. The van der Waals surface area contributed by atoms with E-state index in [-0.39, 0.29) is 9.79 Å². The maximum absolute atomic E-state index is 13.4. The van der Waals surface area contributed by atoms with Crippen molar-refractivity contribution in [2.75, 3.05) is 6.26 Å². The van der Waals surface area contributed by atoms with Gasteiger partial charge in [-0.2, -0.15) is 5.10 Å². The van der Waals surface area contributed by atoms with Crippen LogP contribution in [-0.2, 0) is 22.7 Å². The van der Waals surface area contributed by atoms with Crippen LogP contribution in [0.2, 0.25) is 5.02 Å². The summed E-state index contributed by atoms with van der Waals surface area (Å²) in [6, 6.07) is 6.32. The standard InChI is InChI=1S/C18H18ClN3O2S2/c1-11-14-8-3-4-9-15(14)22-17(20-11)16(18(21-22)25-2)26(23,24)13-7-5-6-12(19)10-13/h5-7,10H,3-4,8-9H2,1-2H3. The van der Waals surface area contributed by atoms with Crippen LogP contribution in [0.4, 0.5) is 0 Å². The smallest absolute Gasteiger partial charge is 0.213 e. The lowest BCUT2D eigenvalue weighted by atomic mass is 9.95. The molecule has 5 nitrogen and oxygen atoms in total. The van der Waals surface area contributed by atoms with Gasteiger partial charge in [0.15, 0.2) is 10.5 Å². The van der Waals surface area contributed by atoms with Gasteiger partial charge in [0.2, 0.25) is 9.84 Å². The average molecular weight is 408 g/mol. The number of aromatic nitrogens is 3. The highest BCUT2D eigenvalue weighted by atomic mass is 35.5. The number of thioether (sulfide) groups is 1. The van der Waals surface area contributed by atoms with Gasteiger partial charge >= 0.3 is 0 Å². The Balaban J connectivity index is 2.05. The molecule has 1 aromatic carbocycles. The van der Waals surface area contributed by atoms with Gasteiger partial charge in [-0.05, 0) is 62.6 Å². The summed E-state index contributed by atoms with van der Waals surface area (Å²) in [4.78, 5) is 4.98. The van der Waals surface area contributed by atoms with Crippen molar-refractivity contribution in [3.63, 3.8) is 0 Å². The summed E-state index contributed by atoms with van der Waals surface area (Å²) in [7, 11) is -3.78. The molecule has 2 aromatic heterocycles. The molecular weight excluding hydrogens is 390 g/mol. The molecule has 0 aliphatic heterocycles. The molecule has 26 heavy (non-hydrogen) atoms. The van der Waals surface area contributed by atoms with Crippen LogP contribution >= 0.6 is 23.4 Å². The molecule has 0 saturated carbocycles. The minimum Gasteiger partial charge on any atom is -0.232 e. The zero-order valence-corrected chi connectivity index (χ0v) is 16.9. The Labute approximate surface area is 161 Å². The zero-order valence-electron chi connectivity index (χ0n) is 14.5. The van der Waals surface area contributed by atoms with Gasteiger partial charge < -0.3 is 0 Å². The molecule has 0 amide bonds. The summed E-state index contributed by atoms with van der Waals surface area (Å²) >= 11 is 7.34. The summed E-state index contributed by atoms with van der Waals surface area (Å²) in [5, 5.41) is 5.46. The van der Waals surface area contributed by atoms with Crippen molar-refractivity contribution in [3.8, 4) is 0 Å². The fraction of sp³-hybridized carbons (Fsp3) is 0.333. The second-order valence-corrected chi connectivity index (χ2v) is 9.48. The van der Waals surface area contributed by atoms with Crippen molar-refractivity contribution >= 4 is 38.8 Å². The van der Waals surface area contributed by atoms with E-state index in [1.165, 1.54) is 23.4 Å². The SMILES string of the molecule is CSc1nn2c3c(c(C)nc2c1S(=O)(=O)c1cccc(Cl)c1)CCCC3. The largest absolute Gasteiger partial charge is 0.232 e. The summed E-state index contributed by atoms with van der Waals surface area (Å²) in [6.07, 6.45) is 5.90. The molecule has 1 aliphatic rings. The van der Waals surface area contributed by atoms with E-state index < -0.39 is 9.84 Å². The molecular formula is C18H18ClN3O2S2. The summed E-state index contributed by atoms with van der Waals surface area (Å²) in [6.45, 7) is 1.95. The van der Waals surface area contributed by atoms with Crippen LogP contribution in [0, 0.1) is 6.92 Å². The second-order valence-electron chi connectivity index (χ2n) is 6.36. The van der Waals surface area contributed by atoms with Gasteiger partial charge in [-0.1, -0.05) is 17.7 Å². The third kappa shape index (κ3) is 2.73. The van der Waals surface area contributed by atoms with Gasteiger partial charge in [0, 0.05) is 16.4 Å². The van der Waals surface area contributed by atoms with Gasteiger partial charge in [0.05, 0.1) is 4.90 Å². The van der Waals surface area contributed by atoms with Crippen LogP contribution in [0.3, 0.4) is 0 Å². The lowest BCUT2D eigenvalue weighted by Gasteiger charge is -2.18. The maximum Gasteiger partial charge on any atom is 0.213 e. The fourth-order valence-corrected chi connectivity index (χ4v) is 6.21. The Morgan fingerprint density at radius 1 is 1.23 bits per heavy atom. The Morgan fingerprint density at radius 3 is 2.73 bits per heavy atom. The van der Waals surface area contributed by atoms with Gasteiger partial charge in [0.25, 0.3) is 0 Å². The number of nitrogens with zero attached hydrogens (tertiary/aromatic N) is 3. The summed E-state index contributed by atoms with van der Waals surface area (Å²) in [5.41, 5.74) is 3.59. The molecule has 4 rings (SSSR count). The lowest BCUT2D eigenvalue weighted by Crippen LogP contribution is -2.13. The Kier molecular flexibility index (Phi) is 4.49. The van der Waals surface area contributed by atoms with Crippen molar-refractivity contribution in [3.05, 3.63) is 46.2 Å². The number of fused-ring (bicyclic) bond motifs is 3. The molecule has 0 radical (unpaired) electrons. The van der Waals surface area contributed by atoms with E-state index in [0.29, 0.717) is 15.7 Å². The van der Waals surface area contributed by atoms with Gasteiger partial charge in [-0.25, -0.2) is 17.9 Å². The third-order valence-electron chi connectivity index (χ3n) is 4.76. The van der Waals surface area contributed by atoms with Crippen molar-refractivity contribution < 1.29 is 8.42 Å². The molecule has 8 heteroatoms. The highest BCUT2D eigenvalue weighted by Crippen LogP contribution is 2.35. The van der Waals surface area contributed by atoms with Crippen LogP contribution in [0.15, 0.2) is 39.1 Å². The first-order chi connectivity index (χ1) is 12.4. The van der Waals surface area contributed by atoms with E-state index >= 15 is 0 Å². The first-order valence-corrected chi connectivity index (χ1v) is 11.5. The van der Waals surface area contributed by atoms with Crippen LogP contribution < -0.4 is 0 Å². The first-order valence-electron chi connectivity index (χ1n) is 8.39. The zero-order chi connectivity index (χ0) is 18.5. The number of aryl methyl sites for hydroxylation is 2.